The summed E-state index contributed by atoms with van der Waals surface area (Å²) in [7, 11) is 0. The molecule has 0 saturated carbocycles. The third-order valence-electron chi connectivity index (χ3n) is 1.57. The number of carboxylic acid groups (broad SMARTS) is 1. The quantitative estimate of drug-likeness (QED) is 0.184. The molecular formula is C8H13NO7. The fraction of sp³-hybridized carbons (Fsp3) is 0.500. The molecule has 5 N–H and O–H groups in total. The van der Waals surface area contributed by atoms with E-state index < -0.39 is 37.6 Å². The Balaban J connectivity index is 4.50. The second-order valence-electron chi connectivity index (χ2n) is 2.74. The van der Waals surface area contributed by atoms with Gasteiger partial charge in [-0.25, -0.2) is 9.59 Å². The largest absolute Gasteiger partial charge is 0.478 e. The Bertz CT molecular complexity index is 272. The fourth-order valence-electron chi connectivity index (χ4n) is 0.772. The lowest BCUT2D eigenvalue weighted by atomic mass is 10.2. The number of rotatable bonds is 7. The molecule has 0 amide bonds. The highest BCUT2D eigenvalue weighted by Gasteiger charge is 2.31. The smallest absolute Gasteiger partial charge is 0.332 e. The third-order valence-corrected chi connectivity index (χ3v) is 1.57. The predicted octanol–water partition coefficient (Wildman–Crippen LogP) is -2.61. The van der Waals surface area contributed by atoms with E-state index in [0.717, 1.165) is 0 Å². The van der Waals surface area contributed by atoms with E-state index in [4.69, 9.17) is 20.4 Å². The summed E-state index contributed by atoms with van der Waals surface area (Å²) in [4.78, 5) is 21.1. The molecule has 0 aliphatic carbocycles. The average molecular weight is 235 g/mol. The minimum Gasteiger partial charge on any atom is -0.478 e. The Hall–Kier alpha value is -1.48. The summed E-state index contributed by atoms with van der Waals surface area (Å²) in [6, 6.07) is 0. The van der Waals surface area contributed by atoms with Crippen molar-refractivity contribution in [3.05, 3.63) is 12.2 Å². The Morgan fingerprint density at radius 2 is 1.75 bits per heavy atom. The molecule has 0 saturated heterocycles. The van der Waals surface area contributed by atoms with Crippen molar-refractivity contribution in [1.82, 2.24) is 5.32 Å². The van der Waals surface area contributed by atoms with Gasteiger partial charge < -0.3 is 25.2 Å². The maximum atomic E-state index is 11.0. The van der Waals surface area contributed by atoms with Crippen molar-refractivity contribution >= 4 is 11.9 Å². The molecule has 92 valence electrons. The van der Waals surface area contributed by atoms with E-state index in [0.29, 0.717) is 12.2 Å². The van der Waals surface area contributed by atoms with Gasteiger partial charge in [0.05, 0.1) is 19.9 Å². The molecule has 0 aromatic heterocycles. The number of aliphatic hydroxyl groups excluding tert-OH is 3. The van der Waals surface area contributed by atoms with E-state index >= 15 is 0 Å². The van der Waals surface area contributed by atoms with Crippen molar-refractivity contribution in [2.45, 2.75) is 5.72 Å². The lowest BCUT2D eigenvalue weighted by Gasteiger charge is -2.29. The molecule has 0 radical (unpaired) electrons. The number of hydrogen-bond donors (Lipinski definition) is 5. The van der Waals surface area contributed by atoms with Gasteiger partial charge in [0, 0.05) is 12.2 Å². The number of ether oxygens (including phenoxy) is 1. The maximum absolute atomic E-state index is 11.0. The van der Waals surface area contributed by atoms with Crippen LogP contribution in [0.2, 0.25) is 0 Å². The molecule has 0 heterocycles. The van der Waals surface area contributed by atoms with Gasteiger partial charge >= 0.3 is 11.9 Å². The van der Waals surface area contributed by atoms with Gasteiger partial charge in [-0.3, -0.25) is 5.32 Å². The van der Waals surface area contributed by atoms with Gasteiger partial charge in [0.1, 0.15) is 0 Å². The Morgan fingerprint density at radius 1 is 1.19 bits per heavy atom. The number of nitrogens with one attached hydrogen (secondary N) is 1. The van der Waals surface area contributed by atoms with Gasteiger partial charge in [0.15, 0.2) is 0 Å². The van der Waals surface area contributed by atoms with Crippen LogP contribution in [0.15, 0.2) is 12.2 Å². The highest BCUT2D eigenvalue weighted by atomic mass is 16.6. The summed E-state index contributed by atoms with van der Waals surface area (Å²) >= 11 is 0. The number of carboxylic acids is 1. The standard InChI is InChI=1S/C8H13NO7/c10-3-8(4-11,9-5-12)16-7(15)2-1-6(13)14/h1-2,9-12H,3-5H2,(H,13,14). The average Bonchev–Trinajstić information content (AvgIpc) is 2.25. The zero-order valence-electron chi connectivity index (χ0n) is 8.29. The van der Waals surface area contributed by atoms with Crippen molar-refractivity contribution in [1.29, 1.82) is 0 Å². The van der Waals surface area contributed by atoms with E-state index in [1.807, 2.05) is 0 Å². The van der Waals surface area contributed by atoms with E-state index in [1.54, 1.807) is 0 Å². The minimum atomic E-state index is -1.84. The van der Waals surface area contributed by atoms with Gasteiger partial charge in [0.25, 0.3) is 0 Å². The molecule has 0 aromatic rings. The van der Waals surface area contributed by atoms with Crippen LogP contribution >= 0.6 is 0 Å². The van der Waals surface area contributed by atoms with Crippen molar-refractivity contribution < 1.29 is 34.8 Å². The molecule has 0 aliphatic heterocycles. The highest BCUT2D eigenvalue weighted by Crippen LogP contribution is 2.06. The second kappa shape index (κ2) is 6.90. The lowest BCUT2D eigenvalue weighted by Crippen LogP contribution is -2.55. The number of aliphatic hydroxyl groups is 3. The fourth-order valence-corrected chi connectivity index (χ4v) is 0.772. The van der Waals surface area contributed by atoms with Crippen LogP contribution in [0.5, 0.6) is 0 Å². The first kappa shape index (κ1) is 14.5. The normalized spacial score (nSPS) is 11.7. The van der Waals surface area contributed by atoms with Crippen LogP contribution in [0.25, 0.3) is 0 Å². The number of hydrogen-bond acceptors (Lipinski definition) is 7. The van der Waals surface area contributed by atoms with E-state index in [-0.39, 0.29) is 0 Å². The summed E-state index contributed by atoms with van der Waals surface area (Å²) in [5, 5.41) is 36.7. The van der Waals surface area contributed by atoms with Crippen molar-refractivity contribution in [2.24, 2.45) is 0 Å². The zero-order chi connectivity index (χ0) is 12.6. The molecule has 8 nitrogen and oxygen atoms in total. The molecule has 0 fully saturated rings. The van der Waals surface area contributed by atoms with Crippen LogP contribution in [0, 0.1) is 0 Å². The van der Waals surface area contributed by atoms with E-state index in [1.165, 1.54) is 0 Å². The second-order valence-corrected chi connectivity index (χ2v) is 2.74. The maximum Gasteiger partial charge on any atom is 0.332 e. The van der Waals surface area contributed by atoms with Crippen LogP contribution in [-0.4, -0.2) is 58.0 Å². The van der Waals surface area contributed by atoms with Crippen molar-refractivity contribution in [3.8, 4) is 0 Å². The molecule has 0 aliphatic rings. The molecule has 16 heavy (non-hydrogen) atoms. The summed E-state index contributed by atoms with van der Waals surface area (Å²) in [5.74, 6) is -2.42. The van der Waals surface area contributed by atoms with Gasteiger partial charge in [-0.2, -0.15) is 0 Å². The minimum absolute atomic E-state index is 0.542. The molecule has 0 unspecified atom stereocenters. The van der Waals surface area contributed by atoms with Crippen molar-refractivity contribution in [3.63, 3.8) is 0 Å². The lowest BCUT2D eigenvalue weighted by molar-refractivity contribution is -0.172. The van der Waals surface area contributed by atoms with Crippen LogP contribution in [0.3, 0.4) is 0 Å². The third kappa shape index (κ3) is 4.84. The predicted molar refractivity (Wildman–Crippen MR) is 50.0 cm³/mol. The molecule has 0 bridgehead atoms. The SMILES string of the molecule is O=C(O)C=CC(=O)OC(CO)(CO)NCO. The van der Waals surface area contributed by atoms with Gasteiger partial charge in [-0.15, -0.1) is 0 Å². The number of carbonyl (C=O) groups is 2. The molecular weight excluding hydrogens is 222 g/mol. The first-order valence-corrected chi connectivity index (χ1v) is 4.21. The molecule has 8 heteroatoms. The molecule has 0 rings (SSSR count). The van der Waals surface area contributed by atoms with Crippen LogP contribution in [0.4, 0.5) is 0 Å². The van der Waals surface area contributed by atoms with Crippen molar-refractivity contribution in [2.75, 3.05) is 19.9 Å². The Labute approximate surface area is 90.8 Å². The van der Waals surface area contributed by atoms with Gasteiger partial charge in [-0.05, 0) is 0 Å². The topological polar surface area (TPSA) is 136 Å². The first-order chi connectivity index (χ1) is 7.49. The number of esters is 1. The Kier molecular flexibility index (Phi) is 6.27. The van der Waals surface area contributed by atoms with E-state index in [2.05, 4.69) is 10.1 Å². The monoisotopic (exact) mass is 235 g/mol. The Morgan fingerprint density at radius 3 is 2.12 bits per heavy atom. The van der Waals surface area contributed by atoms with Gasteiger partial charge in [0.2, 0.25) is 5.72 Å². The summed E-state index contributed by atoms with van der Waals surface area (Å²) in [6.45, 7) is -2.20. The van der Waals surface area contributed by atoms with Crippen LogP contribution < -0.4 is 5.32 Å². The van der Waals surface area contributed by atoms with E-state index in [9.17, 15) is 9.59 Å². The molecule has 0 aromatic carbocycles. The van der Waals surface area contributed by atoms with Crippen LogP contribution in [0.1, 0.15) is 0 Å². The van der Waals surface area contributed by atoms with Crippen LogP contribution in [-0.2, 0) is 14.3 Å². The number of aliphatic carboxylic acids is 1. The number of carbonyl (C=O) groups excluding carboxylic acids is 1. The summed E-state index contributed by atoms with van der Waals surface area (Å²) in [5.41, 5.74) is -1.84. The zero-order valence-corrected chi connectivity index (χ0v) is 8.29. The van der Waals surface area contributed by atoms with Gasteiger partial charge in [-0.1, -0.05) is 0 Å². The molecule has 0 atom stereocenters. The molecule has 0 spiro atoms. The highest BCUT2D eigenvalue weighted by molar-refractivity contribution is 5.90. The first-order valence-electron chi connectivity index (χ1n) is 4.21. The summed E-state index contributed by atoms with van der Waals surface area (Å²) in [6.07, 6.45) is 1.16. The summed E-state index contributed by atoms with van der Waals surface area (Å²) < 4.78 is 4.57.